The Hall–Kier alpha value is -0.850. The summed E-state index contributed by atoms with van der Waals surface area (Å²) < 4.78 is 0. The number of aliphatic hydroxyl groups is 2. The standard InChI is InChI=1S/C27H32Cl2O4S/c1-25-9-7-16(30)11-15(25)3-5-18-19-8-10-27(33,26(19,2)13-22(31)24(18)25)23(32)14-34-17-4-6-20(28)21(29)12-17/h4,6,11-12,18-19,22,24,31,33H,3,5,7-10,13-14H2,1-2H3/t18-,19-,22-,24+,25-,26-,27-/m0/s1. The van der Waals surface area contributed by atoms with Crippen molar-refractivity contribution >= 4 is 46.5 Å². The van der Waals surface area contributed by atoms with Gasteiger partial charge in [0.05, 0.1) is 21.9 Å². The second kappa shape index (κ2) is 8.62. The lowest BCUT2D eigenvalue weighted by molar-refractivity contribution is -0.178. The Bertz CT molecular complexity index is 1070. The maximum atomic E-state index is 13.5. The van der Waals surface area contributed by atoms with Crippen LogP contribution < -0.4 is 0 Å². The van der Waals surface area contributed by atoms with E-state index in [1.54, 1.807) is 12.1 Å². The highest BCUT2D eigenvalue weighted by molar-refractivity contribution is 8.00. The topological polar surface area (TPSA) is 74.6 Å². The van der Waals surface area contributed by atoms with Crippen molar-refractivity contribution < 1.29 is 19.8 Å². The van der Waals surface area contributed by atoms with Crippen LogP contribution in [-0.4, -0.2) is 39.2 Å². The molecule has 0 saturated heterocycles. The number of fused-ring (bicyclic) bond motifs is 5. The minimum atomic E-state index is -1.45. The molecular formula is C27H32Cl2O4S. The molecule has 34 heavy (non-hydrogen) atoms. The first kappa shape index (κ1) is 24.8. The second-order valence-corrected chi connectivity index (χ2v) is 13.1. The first-order valence-corrected chi connectivity index (χ1v) is 14.0. The lowest BCUT2D eigenvalue weighted by atomic mass is 9.45. The minimum Gasteiger partial charge on any atom is -0.393 e. The van der Waals surface area contributed by atoms with Crippen LogP contribution in [0.25, 0.3) is 0 Å². The summed E-state index contributed by atoms with van der Waals surface area (Å²) in [6, 6.07) is 5.27. The normalized spacial score (nSPS) is 41.4. The summed E-state index contributed by atoms with van der Waals surface area (Å²) in [4.78, 5) is 26.4. The lowest BCUT2D eigenvalue weighted by Crippen LogP contribution is -2.61. The van der Waals surface area contributed by atoms with Crippen LogP contribution in [0, 0.1) is 28.6 Å². The molecule has 3 fully saturated rings. The Morgan fingerprint density at radius 2 is 1.91 bits per heavy atom. The smallest absolute Gasteiger partial charge is 0.175 e. The van der Waals surface area contributed by atoms with Gasteiger partial charge in [0.15, 0.2) is 11.6 Å². The predicted molar refractivity (Wildman–Crippen MR) is 135 cm³/mol. The summed E-state index contributed by atoms with van der Waals surface area (Å²) in [5.74, 6) is 0.663. The molecule has 0 radical (unpaired) electrons. The van der Waals surface area contributed by atoms with Crippen molar-refractivity contribution in [2.75, 3.05) is 5.75 Å². The Morgan fingerprint density at radius 3 is 2.65 bits per heavy atom. The van der Waals surface area contributed by atoms with Crippen LogP contribution in [0.3, 0.4) is 0 Å². The van der Waals surface area contributed by atoms with E-state index in [9.17, 15) is 19.8 Å². The largest absolute Gasteiger partial charge is 0.393 e. The number of hydrogen-bond acceptors (Lipinski definition) is 5. The van der Waals surface area contributed by atoms with Gasteiger partial charge in [0.1, 0.15) is 5.60 Å². The number of aliphatic hydroxyl groups excluding tert-OH is 1. The second-order valence-electron chi connectivity index (χ2n) is 11.3. The summed E-state index contributed by atoms with van der Waals surface area (Å²) in [6.07, 6.45) is 5.94. The Labute approximate surface area is 215 Å². The fourth-order valence-electron chi connectivity index (χ4n) is 7.99. The minimum absolute atomic E-state index is 0.0710. The molecule has 0 heterocycles. The van der Waals surface area contributed by atoms with Gasteiger partial charge in [-0.05, 0) is 86.0 Å². The van der Waals surface area contributed by atoms with Crippen LogP contribution >= 0.6 is 35.0 Å². The maximum absolute atomic E-state index is 13.5. The molecule has 3 saturated carbocycles. The molecule has 4 nitrogen and oxygen atoms in total. The molecule has 4 aliphatic rings. The molecule has 1 aromatic rings. The number of halogens is 2. The third kappa shape index (κ3) is 3.64. The van der Waals surface area contributed by atoms with Crippen LogP contribution in [-0.2, 0) is 9.59 Å². The highest BCUT2D eigenvalue weighted by atomic mass is 35.5. The fourth-order valence-corrected chi connectivity index (χ4v) is 9.25. The molecule has 184 valence electrons. The van der Waals surface area contributed by atoms with Crippen molar-refractivity contribution in [3.63, 3.8) is 0 Å². The molecule has 2 N–H and O–H groups in total. The van der Waals surface area contributed by atoms with Crippen LogP contribution in [0.4, 0.5) is 0 Å². The van der Waals surface area contributed by atoms with Crippen LogP contribution in [0.5, 0.6) is 0 Å². The number of allylic oxidation sites excluding steroid dienone is 1. The van der Waals surface area contributed by atoms with Gasteiger partial charge in [-0.2, -0.15) is 0 Å². The number of carbonyl (C=O) groups excluding carboxylic acids is 2. The predicted octanol–water partition coefficient (Wildman–Crippen LogP) is 5.89. The SMILES string of the molecule is C[C@]12CCC(=O)C=C1CC[C@@H]1[C@@H]2[C@@H](O)C[C@@]2(C)[C@H]1CC[C@]2(O)C(=O)CSc1ccc(Cl)c(Cl)c1. The average molecular weight is 524 g/mol. The molecule has 0 aliphatic heterocycles. The zero-order valence-corrected chi connectivity index (χ0v) is 22.0. The first-order valence-electron chi connectivity index (χ1n) is 12.2. The quantitative estimate of drug-likeness (QED) is 0.482. The number of carbonyl (C=O) groups is 2. The summed E-state index contributed by atoms with van der Waals surface area (Å²) in [5.41, 5.74) is -1.10. The van der Waals surface area contributed by atoms with E-state index in [2.05, 4.69) is 6.92 Å². The van der Waals surface area contributed by atoms with Crippen molar-refractivity contribution in [3.8, 4) is 0 Å². The molecule has 5 rings (SSSR count). The molecule has 1 aromatic carbocycles. The first-order chi connectivity index (χ1) is 16.0. The van der Waals surface area contributed by atoms with E-state index in [-0.39, 0.29) is 40.5 Å². The van der Waals surface area contributed by atoms with Gasteiger partial charge in [0.25, 0.3) is 0 Å². The summed E-state index contributed by atoms with van der Waals surface area (Å²) in [6.45, 7) is 4.23. The Balaban J connectivity index is 1.38. The molecule has 7 atom stereocenters. The number of benzene rings is 1. The maximum Gasteiger partial charge on any atom is 0.175 e. The van der Waals surface area contributed by atoms with Crippen LogP contribution in [0.15, 0.2) is 34.7 Å². The number of thioether (sulfide) groups is 1. The lowest BCUT2D eigenvalue weighted by Gasteiger charge is -2.60. The van der Waals surface area contributed by atoms with Crippen molar-refractivity contribution in [2.24, 2.45) is 28.6 Å². The van der Waals surface area contributed by atoms with Gasteiger partial charge in [-0.15, -0.1) is 11.8 Å². The van der Waals surface area contributed by atoms with Gasteiger partial charge in [0, 0.05) is 16.7 Å². The van der Waals surface area contributed by atoms with Crippen molar-refractivity contribution in [3.05, 3.63) is 39.9 Å². The zero-order chi connectivity index (χ0) is 24.5. The van der Waals surface area contributed by atoms with E-state index >= 15 is 0 Å². The number of Topliss-reactive ketones (excluding diaryl/α,β-unsaturated/α-hetero) is 1. The molecule has 4 aliphatic carbocycles. The number of hydrogen-bond donors (Lipinski definition) is 2. The molecule has 7 heteroatoms. The van der Waals surface area contributed by atoms with Gasteiger partial charge in [-0.3, -0.25) is 9.59 Å². The molecule has 0 amide bonds. The Kier molecular flexibility index (Phi) is 6.30. The summed E-state index contributed by atoms with van der Waals surface area (Å²) in [5, 5.41) is 24.3. The zero-order valence-electron chi connectivity index (χ0n) is 19.7. The van der Waals surface area contributed by atoms with Gasteiger partial charge in [-0.1, -0.05) is 42.6 Å². The van der Waals surface area contributed by atoms with Gasteiger partial charge >= 0.3 is 0 Å². The van der Waals surface area contributed by atoms with E-state index in [4.69, 9.17) is 23.2 Å². The Morgan fingerprint density at radius 1 is 1.15 bits per heavy atom. The third-order valence-electron chi connectivity index (χ3n) is 9.77. The van der Waals surface area contributed by atoms with Crippen molar-refractivity contribution in [1.82, 2.24) is 0 Å². The average Bonchev–Trinajstić information content (AvgIpc) is 3.06. The third-order valence-corrected chi connectivity index (χ3v) is 11.5. The fraction of sp³-hybridized carbons (Fsp3) is 0.630. The number of rotatable bonds is 4. The van der Waals surface area contributed by atoms with Gasteiger partial charge in [-0.25, -0.2) is 0 Å². The molecule has 0 spiro atoms. The van der Waals surface area contributed by atoms with Gasteiger partial charge in [0.2, 0.25) is 0 Å². The van der Waals surface area contributed by atoms with E-state index < -0.39 is 17.1 Å². The summed E-state index contributed by atoms with van der Waals surface area (Å²) in [7, 11) is 0. The number of ketones is 2. The van der Waals surface area contributed by atoms with E-state index in [1.165, 1.54) is 17.3 Å². The highest BCUT2D eigenvalue weighted by Gasteiger charge is 2.68. The molecular weight excluding hydrogens is 491 g/mol. The van der Waals surface area contributed by atoms with Crippen molar-refractivity contribution in [1.29, 1.82) is 0 Å². The van der Waals surface area contributed by atoms with Crippen LogP contribution in [0.1, 0.15) is 58.8 Å². The monoisotopic (exact) mass is 522 g/mol. The molecule has 0 aromatic heterocycles. The van der Waals surface area contributed by atoms with Crippen LogP contribution in [0.2, 0.25) is 10.0 Å². The van der Waals surface area contributed by atoms with Crippen molar-refractivity contribution in [2.45, 2.75) is 75.4 Å². The van der Waals surface area contributed by atoms with E-state index in [0.717, 1.165) is 30.6 Å². The molecule has 0 unspecified atom stereocenters. The van der Waals surface area contributed by atoms with E-state index in [0.29, 0.717) is 29.3 Å². The highest BCUT2D eigenvalue weighted by Crippen LogP contribution is 2.67. The van der Waals surface area contributed by atoms with Gasteiger partial charge < -0.3 is 10.2 Å². The van der Waals surface area contributed by atoms with E-state index in [1.807, 2.05) is 19.1 Å². The molecule has 0 bridgehead atoms. The summed E-state index contributed by atoms with van der Waals surface area (Å²) >= 11 is 13.5.